The van der Waals surface area contributed by atoms with E-state index in [1.165, 1.54) is 10.8 Å². The number of carbonyl (C=O) groups excluding carboxylic acids is 2. The van der Waals surface area contributed by atoms with Crippen molar-refractivity contribution in [2.45, 2.75) is 33.2 Å². The van der Waals surface area contributed by atoms with E-state index in [-0.39, 0.29) is 29.6 Å². The van der Waals surface area contributed by atoms with E-state index in [4.69, 9.17) is 15.0 Å². The van der Waals surface area contributed by atoms with Crippen molar-refractivity contribution in [2.75, 3.05) is 17.2 Å². The van der Waals surface area contributed by atoms with Crippen LogP contribution in [0.1, 0.15) is 58.5 Å². The number of nitrogens with two attached hydrogens (primary N) is 1. The molecule has 0 fully saturated rings. The highest BCUT2D eigenvalue weighted by Crippen LogP contribution is 2.42. The fourth-order valence-corrected chi connectivity index (χ4v) is 4.24. The molecule has 1 amide bonds. The lowest BCUT2D eigenvalue weighted by Crippen LogP contribution is -2.27. The number of amides is 1. The van der Waals surface area contributed by atoms with Gasteiger partial charge in [0.15, 0.2) is 5.69 Å². The molecule has 0 radical (unpaired) electrons. The highest BCUT2D eigenvalue weighted by atomic mass is 16.5. The van der Waals surface area contributed by atoms with Crippen molar-refractivity contribution in [1.82, 2.24) is 9.72 Å². The summed E-state index contributed by atoms with van der Waals surface area (Å²) in [4.78, 5) is 44.0. The van der Waals surface area contributed by atoms with Crippen LogP contribution in [0.4, 0.5) is 11.5 Å². The number of ether oxygens (including phenoxy) is 1. The number of anilines is 2. The molecule has 0 saturated heterocycles. The fourth-order valence-electron chi connectivity index (χ4n) is 4.24. The number of benzene rings is 1. The molecule has 3 heterocycles. The average molecular weight is 436 g/mol. The van der Waals surface area contributed by atoms with Gasteiger partial charge in [0.1, 0.15) is 11.6 Å². The van der Waals surface area contributed by atoms with Crippen LogP contribution in [-0.4, -0.2) is 28.2 Å². The molecule has 1 aliphatic rings. The van der Waals surface area contributed by atoms with Crippen LogP contribution in [-0.2, 0) is 11.8 Å². The number of pyridine rings is 1. The molecule has 2 aromatic heterocycles. The number of nitrogens with zero attached hydrogens (tertiary/aromatic N) is 3. The maximum atomic E-state index is 13.3. The minimum Gasteiger partial charge on any atom is -0.461 e. The van der Waals surface area contributed by atoms with Gasteiger partial charge in [-0.15, -0.1) is 0 Å². The number of aryl methyl sites for hydroxylation is 2. The van der Waals surface area contributed by atoms with Gasteiger partial charge in [-0.05, 0) is 44.0 Å². The summed E-state index contributed by atoms with van der Waals surface area (Å²) in [5, 5.41) is 0. The highest BCUT2D eigenvalue weighted by molar-refractivity contribution is 6.13. The van der Waals surface area contributed by atoms with Crippen LogP contribution in [0.2, 0.25) is 0 Å². The number of rotatable bonds is 5. The second kappa shape index (κ2) is 7.99. The Labute approximate surface area is 184 Å². The molecule has 1 atom stereocenters. The molecule has 2 N–H and O–H groups in total. The number of aromatic nitrogens is 2. The minimum atomic E-state index is -0.606. The SMILES string of the molecule is CCOC(=O)c1nc(N)cc2c1C(CC)N(c1ccc(-c3c(C)on(C)c3=O)cc1)C2=O. The number of hydrogen-bond donors (Lipinski definition) is 1. The summed E-state index contributed by atoms with van der Waals surface area (Å²) >= 11 is 0. The second-order valence-corrected chi connectivity index (χ2v) is 7.55. The largest absolute Gasteiger partial charge is 0.461 e. The third-order valence-electron chi connectivity index (χ3n) is 5.59. The Bertz CT molecular complexity index is 1270. The standard InChI is InChI=1S/C23H24N4O5/c1-5-16-19-15(11-17(24)25-20(19)23(30)31-6-2)21(28)27(16)14-9-7-13(8-10-14)18-12(3)32-26(4)22(18)29/h7-11,16H,5-6H2,1-4H3,(H2,24,25). The number of carbonyl (C=O) groups is 2. The van der Waals surface area contributed by atoms with Gasteiger partial charge in [-0.25, -0.2) is 9.78 Å². The van der Waals surface area contributed by atoms with E-state index >= 15 is 0 Å². The summed E-state index contributed by atoms with van der Waals surface area (Å²) in [5.74, 6) is -0.277. The minimum absolute atomic E-state index is 0.0682. The van der Waals surface area contributed by atoms with E-state index in [9.17, 15) is 14.4 Å². The predicted molar refractivity (Wildman–Crippen MR) is 119 cm³/mol. The van der Waals surface area contributed by atoms with E-state index in [0.717, 1.165) is 0 Å². The zero-order valence-corrected chi connectivity index (χ0v) is 18.3. The molecule has 9 nitrogen and oxygen atoms in total. The molecule has 166 valence electrons. The number of esters is 1. The van der Waals surface area contributed by atoms with E-state index in [1.54, 1.807) is 50.1 Å². The van der Waals surface area contributed by atoms with Gasteiger partial charge in [0.2, 0.25) is 0 Å². The van der Waals surface area contributed by atoms with Crippen LogP contribution in [0.25, 0.3) is 11.1 Å². The van der Waals surface area contributed by atoms with E-state index < -0.39 is 12.0 Å². The van der Waals surface area contributed by atoms with Crippen molar-refractivity contribution in [2.24, 2.45) is 7.05 Å². The van der Waals surface area contributed by atoms with Gasteiger partial charge in [0.25, 0.3) is 11.5 Å². The van der Waals surface area contributed by atoms with Crippen molar-refractivity contribution in [3.63, 3.8) is 0 Å². The molecular formula is C23H24N4O5. The maximum Gasteiger partial charge on any atom is 0.357 e. The highest BCUT2D eigenvalue weighted by Gasteiger charge is 2.41. The zero-order chi connectivity index (χ0) is 23.2. The van der Waals surface area contributed by atoms with Crippen molar-refractivity contribution < 1.29 is 18.8 Å². The maximum absolute atomic E-state index is 13.3. The quantitative estimate of drug-likeness (QED) is 0.610. The number of hydrogen-bond acceptors (Lipinski definition) is 7. The molecule has 0 spiro atoms. The lowest BCUT2D eigenvalue weighted by molar-refractivity contribution is 0.0517. The second-order valence-electron chi connectivity index (χ2n) is 7.55. The molecule has 4 rings (SSSR count). The van der Waals surface area contributed by atoms with Crippen molar-refractivity contribution >= 4 is 23.4 Å². The average Bonchev–Trinajstić information content (AvgIpc) is 3.19. The molecule has 0 aliphatic carbocycles. The number of nitrogen functional groups attached to an aromatic ring is 1. The molecular weight excluding hydrogens is 412 g/mol. The molecule has 1 aliphatic heterocycles. The Hall–Kier alpha value is -3.88. The summed E-state index contributed by atoms with van der Waals surface area (Å²) in [5.41, 5.74) is 8.39. The summed E-state index contributed by atoms with van der Waals surface area (Å²) in [6.45, 7) is 5.55. The van der Waals surface area contributed by atoms with Crippen LogP contribution in [0.5, 0.6) is 0 Å². The van der Waals surface area contributed by atoms with E-state index in [0.29, 0.717) is 40.1 Å². The van der Waals surface area contributed by atoms with Crippen LogP contribution < -0.4 is 16.2 Å². The molecule has 1 aromatic carbocycles. The van der Waals surface area contributed by atoms with Gasteiger partial charge in [0, 0.05) is 18.3 Å². The topological polar surface area (TPSA) is 121 Å². The summed E-state index contributed by atoms with van der Waals surface area (Å²) in [6.07, 6.45) is 0.555. The molecule has 0 bridgehead atoms. The number of fused-ring (bicyclic) bond motifs is 1. The van der Waals surface area contributed by atoms with Crippen molar-refractivity contribution in [3.8, 4) is 11.1 Å². The van der Waals surface area contributed by atoms with Crippen LogP contribution in [0.15, 0.2) is 39.6 Å². The first-order valence-electron chi connectivity index (χ1n) is 10.4. The lowest BCUT2D eigenvalue weighted by atomic mass is 10.00. The Kier molecular flexibility index (Phi) is 5.33. The van der Waals surface area contributed by atoms with Gasteiger partial charge in [-0.2, -0.15) is 4.74 Å². The Balaban J connectivity index is 1.77. The Morgan fingerprint density at radius 1 is 1.22 bits per heavy atom. The monoisotopic (exact) mass is 436 g/mol. The first kappa shape index (κ1) is 21.4. The smallest absolute Gasteiger partial charge is 0.357 e. The lowest BCUT2D eigenvalue weighted by Gasteiger charge is -2.25. The zero-order valence-electron chi connectivity index (χ0n) is 18.3. The predicted octanol–water partition coefficient (Wildman–Crippen LogP) is 3.22. The third-order valence-corrected chi connectivity index (χ3v) is 5.59. The summed E-state index contributed by atoms with van der Waals surface area (Å²) in [6, 6.07) is 8.19. The van der Waals surface area contributed by atoms with Gasteiger partial charge < -0.3 is 19.9 Å². The molecule has 3 aromatic rings. The van der Waals surface area contributed by atoms with Crippen molar-refractivity contribution in [3.05, 3.63) is 63.3 Å². The Morgan fingerprint density at radius 3 is 2.47 bits per heavy atom. The summed E-state index contributed by atoms with van der Waals surface area (Å²) < 4.78 is 11.7. The third kappa shape index (κ3) is 3.26. The normalized spacial score (nSPS) is 15.2. The van der Waals surface area contributed by atoms with Crippen molar-refractivity contribution in [1.29, 1.82) is 0 Å². The van der Waals surface area contributed by atoms with Gasteiger partial charge >= 0.3 is 5.97 Å². The van der Waals surface area contributed by atoms with Crippen LogP contribution in [0, 0.1) is 6.92 Å². The molecule has 32 heavy (non-hydrogen) atoms. The van der Waals surface area contributed by atoms with E-state index in [1.807, 2.05) is 6.92 Å². The van der Waals surface area contributed by atoms with Crippen LogP contribution in [0.3, 0.4) is 0 Å². The molecule has 1 unspecified atom stereocenters. The molecule has 0 saturated carbocycles. The summed E-state index contributed by atoms with van der Waals surface area (Å²) in [7, 11) is 1.56. The first-order chi connectivity index (χ1) is 15.3. The first-order valence-corrected chi connectivity index (χ1v) is 10.4. The van der Waals surface area contributed by atoms with Gasteiger partial charge in [0.05, 0.1) is 23.8 Å². The Morgan fingerprint density at radius 2 is 1.91 bits per heavy atom. The van der Waals surface area contributed by atoms with Gasteiger partial charge in [-0.3, -0.25) is 9.59 Å². The van der Waals surface area contributed by atoms with E-state index in [2.05, 4.69) is 4.98 Å². The molecule has 9 heteroatoms. The van der Waals surface area contributed by atoms with Gasteiger partial charge in [-0.1, -0.05) is 19.1 Å². The fraction of sp³-hybridized carbons (Fsp3) is 0.304. The van der Waals surface area contributed by atoms with Crippen LogP contribution >= 0.6 is 0 Å².